The molecule has 15 heteroatoms. The third-order valence-corrected chi connectivity index (χ3v) is 25.5. The van der Waals surface area contributed by atoms with E-state index in [4.69, 9.17) is 0 Å². The van der Waals surface area contributed by atoms with Crippen LogP contribution in [0.4, 0.5) is 0 Å². The molecule has 0 unspecified atom stereocenters. The molecule has 0 aromatic rings. The topological polar surface area (TPSA) is 0 Å². The van der Waals surface area contributed by atoms with Crippen molar-refractivity contribution in [3.63, 3.8) is 0 Å². The molecule has 0 heterocycles. The summed E-state index contributed by atoms with van der Waals surface area (Å²) in [6.07, 6.45) is 0. The molecule has 0 saturated heterocycles. The van der Waals surface area contributed by atoms with E-state index >= 15 is 0 Å². The Labute approximate surface area is 336 Å². The van der Waals surface area contributed by atoms with Crippen LogP contribution < -0.4 is 0 Å². The highest BCUT2D eigenvalue weighted by atomic mass is 127. The first-order valence-electron chi connectivity index (χ1n) is 4.33. The summed E-state index contributed by atoms with van der Waals surface area (Å²) in [5.74, 6) is 0. The van der Waals surface area contributed by atoms with Crippen molar-refractivity contribution in [2.75, 3.05) is 0 Å². The lowest BCUT2D eigenvalue weighted by molar-refractivity contribution is 0.401. The van der Waals surface area contributed by atoms with Gasteiger partial charge in [0.1, 0.15) is 3.09 Å². The zero-order valence-electron chi connectivity index (χ0n) is 9.17. The van der Waals surface area contributed by atoms with Crippen molar-refractivity contribution in [2.45, 2.75) is 1.16 Å². The zero-order chi connectivity index (χ0) is 18.6. The molecule has 0 aromatic carbocycles. The van der Waals surface area contributed by atoms with Crippen LogP contribution in [0.2, 0.25) is 0 Å². The zero-order valence-corrected chi connectivity index (χ0v) is 41.5. The Bertz CT molecular complexity index is 356. The molecule has 0 aliphatic carbocycles. The largest absolute Gasteiger partial charge is 0.137 e. The molecule has 0 nitrogen and oxygen atoms in total. The fourth-order valence-corrected chi connectivity index (χ4v) is 42.2. The van der Waals surface area contributed by atoms with Crippen LogP contribution in [-0.4, -0.2) is 1.16 Å². The normalized spacial score (nSPS) is 16.4. The smallest absolute Gasteiger partial charge is 0.0638 e. The maximum atomic E-state index is 2.72. The lowest BCUT2D eigenvalue weighted by atomic mass is 9.90. The van der Waals surface area contributed by atoms with Crippen molar-refractivity contribution < 1.29 is 0 Å². The van der Waals surface area contributed by atoms with Gasteiger partial charge in [-0.25, -0.2) is 0 Å². The van der Waals surface area contributed by atoms with E-state index in [0.29, 0.717) is 0 Å². The molecule has 0 saturated carbocycles. The van der Waals surface area contributed by atoms with Crippen LogP contribution in [0.25, 0.3) is 0 Å². The predicted octanol–water partition coefficient (Wildman–Crippen LogP) is 12.3. The molecule has 0 amide bonds. The van der Waals surface area contributed by atoms with Gasteiger partial charge in [0.05, 0.1) is 5.41 Å². The van der Waals surface area contributed by atoms with E-state index < -0.39 is 0 Å². The lowest BCUT2D eigenvalue weighted by Gasteiger charge is -2.61. The second-order valence-electron chi connectivity index (χ2n) is 3.65. The first-order valence-corrected chi connectivity index (χ1v) is 20.5. The Balaban J connectivity index is 6.98. The standard InChI is InChI=1S/C7I15/c8-1(9)2(10,11)4(12,13)3(5(14,15)16,6(17,18)19)7(20,21)22. The fraction of sp³-hybridized carbons (Fsp3) is 0.857. The molecule has 0 aliphatic heterocycles. The third-order valence-electron chi connectivity index (χ3n) is 2.38. The van der Waals surface area contributed by atoms with Crippen molar-refractivity contribution in [1.29, 1.82) is 0 Å². The first kappa shape index (κ1) is 33.0. The van der Waals surface area contributed by atoms with E-state index in [1.807, 2.05) is 0 Å². The summed E-state index contributed by atoms with van der Waals surface area (Å²) in [6, 6.07) is 0. The molecule has 0 N–H and O–H groups in total. The van der Waals surface area contributed by atoms with Crippen molar-refractivity contribution in [2.24, 2.45) is 5.41 Å². The van der Waals surface area contributed by atoms with Crippen molar-refractivity contribution in [3.05, 3.63) is 1.93 Å². The molecule has 0 spiro atoms. The van der Waals surface area contributed by atoms with Gasteiger partial charge in [-0.05, 0) is 0 Å². The van der Waals surface area contributed by atoms with Gasteiger partial charge < -0.3 is 0 Å². The van der Waals surface area contributed by atoms with Gasteiger partial charge >= 0.3 is 0 Å². The number of halogens is 15. The molecular formula is C7I15. The first-order chi connectivity index (χ1) is 9.19. The minimum atomic E-state index is -0.0228. The van der Waals surface area contributed by atoms with Gasteiger partial charge in [-0.3, -0.25) is 0 Å². The molecule has 1 radical (unpaired) electrons. The molecule has 0 bridgehead atoms. The summed E-state index contributed by atoms with van der Waals surface area (Å²) in [4.78, 5) is 0. The van der Waals surface area contributed by atoms with E-state index in [2.05, 4.69) is 339 Å². The monoisotopic (exact) mass is 1990 g/mol. The van der Waals surface area contributed by atoms with Crippen molar-refractivity contribution in [3.8, 4) is 0 Å². The SMILES string of the molecule is I[C](I)C(I)(I)C(I)(I)C(C(I)(I)I)(C(I)(I)I)C(I)(I)I. The van der Waals surface area contributed by atoms with Crippen molar-refractivity contribution in [1.82, 2.24) is 0 Å². The highest BCUT2D eigenvalue weighted by Gasteiger charge is 2.79. The molecule has 0 atom stereocenters. The highest BCUT2D eigenvalue weighted by Crippen LogP contribution is 2.83. The van der Waals surface area contributed by atoms with E-state index in [0.717, 1.165) is 0 Å². The Morgan fingerprint density at radius 1 is 0.455 bits per heavy atom. The van der Waals surface area contributed by atoms with Crippen LogP contribution in [0, 0.1) is 7.35 Å². The molecular weight excluding hydrogens is 1990 g/mol. The van der Waals surface area contributed by atoms with Crippen LogP contribution in [0.1, 0.15) is 0 Å². The van der Waals surface area contributed by atoms with Crippen LogP contribution in [0.15, 0.2) is 0 Å². The summed E-state index contributed by atoms with van der Waals surface area (Å²) in [5, 5.41) is 0. The Hall–Kier alpha value is 11.0. The van der Waals surface area contributed by atoms with Gasteiger partial charge in [0.25, 0.3) is 0 Å². The second-order valence-corrected chi connectivity index (χ2v) is 51.6. The van der Waals surface area contributed by atoms with Crippen LogP contribution in [0.5, 0.6) is 0 Å². The average molecular weight is 1990 g/mol. The lowest BCUT2D eigenvalue weighted by Crippen LogP contribution is -2.67. The minimum absolute atomic E-state index is 0.0110. The van der Waals surface area contributed by atoms with Gasteiger partial charge in [-0.2, -0.15) is 0 Å². The molecule has 0 rings (SSSR count). The molecule has 0 fully saturated rings. The Morgan fingerprint density at radius 3 is 0.818 bits per heavy atom. The molecule has 133 valence electrons. The summed E-state index contributed by atoms with van der Waals surface area (Å²) in [7, 11) is 0. The number of hydrogen-bond donors (Lipinski definition) is 0. The Morgan fingerprint density at radius 2 is 0.682 bits per heavy atom. The summed E-state index contributed by atoms with van der Waals surface area (Å²) < 4.78 is 1.47. The van der Waals surface area contributed by atoms with E-state index in [1.54, 1.807) is 0 Å². The maximum Gasteiger partial charge on any atom is 0.137 e. The highest BCUT2D eigenvalue weighted by molar-refractivity contribution is 14.3. The average Bonchev–Trinajstić information content (AvgIpc) is 2.08. The Kier molecular flexibility index (Phi) is 18.4. The second kappa shape index (κ2) is 12.3. The fourth-order valence-electron chi connectivity index (χ4n) is 1.37. The van der Waals surface area contributed by atoms with Gasteiger partial charge in [0.15, 0.2) is 0 Å². The summed E-state index contributed by atoms with van der Waals surface area (Å²) in [6.45, 7) is 0. The van der Waals surface area contributed by atoms with E-state index in [9.17, 15) is 0 Å². The quantitative estimate of drug-likeness (QED) is 0.184. The van der Waals surface area contributed by atoms with E-state index in [-0.39, 0.29) is 6.58 Å². The number of alkyl halides is 13. The molecule has 0 aromatic heterocycles. The predicted molar refractivity (Wildman–Crippen MR) is 230 cm³/mol. The molecule has 0 aliphatic rings. The van der Waals surface area contributed by atoms with Gasteiger partial charge in [-0.1, -0.05) is 339 Å². The molecule has 22 heavy (non-hydrogen) atoms. The van der Waals surface area contributed by atoms with E-state index in [1.165, 1.54) is 1.93 Å². The van der Waals surface area contributed by atoms with Crippen LogP contribution in [-0.2, 0) is 0 Å². The number of hydrogen-bond acceptors (Lipinski definition) is 0. The maximum absolute atomic E-state index is 2.72. The van der Waals surface area contributed by atoms with Gasteiger partial charge in [-0.15, -0.1) is 0 Å². The minimum Gasteiger partial charge on any atom is -0.0638 e. The number of rotatable bonds is 6. The van der Waals surface area contributed by atoms with Gasteiger partial charge in [0, 0.05) is 0 Å². The van der Waals surface area contributed by atoms with Crippen LogP contribution >= 0.6 is 339 Å². The van der Waals surface area contributed by atoms with Crippen molar-refractivity contribution >= 4 is 339 Å². The summed E-state index contributed by atoms with van der Waals surface area (Å²) in [5.41, 5.74) is -0.0177. The summed E-state index contributed by atoms with van der Waals surface area (Å²) >= 11 is 39.5. The van der Waals surface area contributed by atoms with Gasteiger partial charge in [0.2, 0.25) is 0 Å². The van der Waals surface area contributed by atoms with Crippen LogP contribution in [0.3, 0.4) is 0 Å². The third kappa shape index (κ3) is 7.23.